The Morgan fingerprint density at radius 1 is 1.19 bits per heavy atom. The SMILES string of the molecule is COc1ccc(CCN2CCC[C@H]2CN(C)[C@H](C)CNC(=O)Nc2ccccc2)cc1. The molecule has 0 radical (unpaired) electrons. The maximum absolute atomic E-state index is 12.1. The number of likely N-dealkylation sites (N-methyl/N-ethyl adjacent to an activating group) is 1. The van der Waals surface area contributed by atoms with E-state index < -0.39 is 0 Å². The van der Waals surface area contributed by atoms with Crippen LogP contribution in [0.25, 0.3) is 0 Å². The highest BCUT2D eigenvalue weighted by molar-refractivity contribution is 5.89. The van der Waals surface area contributed by atoms with Gasteiger partial charge in [0.15, 0.2) is 0 Å². The van der Waals surface area contributed by atoms with Gasteiger partial charge in [0.25, 0.3) is 0 Å². The van der Waals surface area contributed by atoms with E-state index in [2.05, 4.69) is 46.5 Å². The van der Waals surface area contributed by atoms with Crippen molar-refractivity contribution in [2.75, 3.05) is 45.7 Å². The summed E-state index contributed by atoms with van der Waals surface area (Å²) in [6.45, 7) is 6.05. The number of amides is 2. The number of para-hydroxylation sites is 1. The Hall–Kier alpha value is -2.57. The van der Waals surface area contributed by atoms with E-state index in [4.69, 9.17) is 4.74 Å². The number of nitrogens with one attached hydrogen (secondary N) is 2. The summed E-state index contributed by atoms with van der Waals surface area (Å²) >= 11 is 0. The van der Waals surface area contributed by atoms with Crippen LogP contribution in [0.15, 0.2) is 54.6 Å². The summed E-state index contributed by atoms with van der Waals surface area (Å²) in [6, 6.07) is 18.6. The summed E-state index contributed by atoms with van der Waals surface area (Å²) in [5.41, 5.74) is 2.15. The molecule has 1 aliphatic heterocycles. The van der Waals surface area contributed by atoms with Crippen LogP contribution in [-0.4, -0.2) is 68.3 Å². The smallest absolute Gasteiger partial charge is 0.319 e. The largest absolute Gasteiger partial charge is 0.497 e. The number of anilines is 1. The summed E-state index contributed by atoms with van der Waals surface area (Å²) in [4.78, 5) is 17.1. The molecule has 1 saturated heterocycles. The Labute approximate surface area is 186 Å². The number of carbonyl (C=O) groups excluding carboxylic acids is 1. The molecular weight excluding hydrogens is 388 g/mol. The van der Waals surface area contributed by atoms with Gasteiger partial charge in [-0.1, -0.05) is 30.3 Å². The van der Waals surface area contributed by atoms with Gasteiger partial charge in [0.05, 0.1) is 7.11 Å². The lowest BCUT2D eigenvalue weighted by Gasteiger charge is -2.32. The molecule has 0 aliphatic carbocycles. The Kier molecular flexibility index (Phi) is 8.74. The number of urea groups is 1. The van der Waals surface area contributed by atoms with Crippen LogP contribution in [-0.2, 0) is 6.42 Å². The number of nitrogens with zero attached hydrogens (tertiary/aromatic N) is 2. The molecule has 2 aromatic rings. The quantitative estimate of drug-likeness (QED) is 0.608. The Morgan fingerprint density at radius 3 is 2.65 bits per heavy atom. The van der Waals surface area contributed by atoms with Gasteiger partial charge in [-0.3, -0.25) is 4.90 Å². The van der Waals surface area contributed by atoms with Gasteiger partial charge in [-0.25, -0.2) is 4.79 Å². The maximum Gasteiger partial charge on any atom is 0.319 e. The molecule has 0 unspecified atom stereocenters. The molecule has 3 rings (SSSR count). The van der Waals surface area contributed by atoms with Crippen LogP contribution in [0.3, 0.4) is 0 Å². The zero-order valence-electron chi connectivity index (χ0n) is 19.0. The number of benzene rings is 2. The molecule has 0 bridgehead atoms. The monoisotopic (exact) mass is 424 g/mol. The Morgan fingerprint density at radius 2 is 1.94 bits per heavy atom. The van der Waals surface area contributed by atoms with Crippen LogP contribution >= 0.6 is 0 Å². The standard InChI is InChI=1S/C25H36N4O2/c1-20(18-26-25(30)27-22-8-5-4-6-9-22)28(2)19-23-10-7-16-29(23)17-15-21-11-13-24(31-3)14-12-21/h4-6,8-9,11-14,20,23H,7,10,15-19H2,1-3H3,(H2,26,27,30)/t20-,23+/m1/s1. The van der Waals surface area contributed by atoms with Gasteiger partial charge in [0.2, 0.25) is 0 Å². The first-order valence-corrected chi connectivity index (χ1v) is 11.2. The van der Waals surface area contributed by atoms with Crippen molar-refractivity contribution < 1.29 is 9.53 Å². The van der Waals surface area contributed by atoms with Crippen LogP contribution in [0, 0.1) is 0 Å². The van der Waals surface area contributed by atoms with Gasteiger partial charge in [-0.15, -0.1) is 0 Å². The number of ether oxygens (including phenoxy) is 1. The molecule has 0 spiro atoms. The fourth-order valence-electron chi connectivity index (χ4n) is 4.07. The van der Waals surface area contributed by atoms with Crippen molar-refractivity contribution in [1.29, 1.82) is 0 Å². The molecule has 168 valence electrons. The van der Waals surface area contributed by atoms with Crippen LogP contribution in [0.1, 0.15) is 25.3 Å². The van der Waals surface area contributed by atoms with Crippen molar-refractivity contribution in [3.05, 3.63) is 60.2 Å². The third kappa shape index (κ3) is 7.26. The molecule has 2 N–H and O–H groups in total. The van der Waals surface area contributed by atoms with Crippen molar-refractivity contribution >= 4 is 11.7 Å². The minimum atomic E-state index is -0.159. The van der Waals surface area contributed by atoms with Gasteiger partial charge in [0.1, 0.15) is 5.75 Å². The molecule has 0 aromatic heterocycles. The van der Waals surface area contributed by atoms with E-state index in [0.29, 0.717) is 12.6 Å². The van der Waals surface area contributed by atoms with Crippen molar-refractivity contribution in [1.82, 2.24) is 15.1 Å². The van der Waals surface area contributed by atoms with Gasteiger partial charge in [-0.05, 0) is 69.6 Å². The number of hydrogen-bond donors (Lipinski definition) is 2. The first-order chi connectivity index (χ1) is 15.0. The van der Waals surface area contributed by atoms with Gasteiger partial charge >= 0.3 is 6.03 Å². The average molecular weight is 425 g/mol. The summed E-state index contributed by atoms with van der Waals surface area (Å²) in [6.07, 6.45) is 3.55. The lowest BCUT2D eigenvalue weighted by molar-refractivity contribution is 0.165. The molecule has 1 heterocycles. The zero-order valence-corrected chi connectivity index (χ0v) is 19.0. The minimum absolute atomic E-state index is 0.159. The van der Waals surface area contributed by atoms with Gasteiger partial charge in [-0.2, -0.15) is 0 Å². The highest BCUT2D eigenvalue weighted by Gasteiger charge is 2.26. The summed E-state index contributed by atoms with van der Waals surface area (Å²) in [5, 5.41) is 5.86. The third-order valence-corrected chi connectivity index (χ3v) is 6.19. The highest BCUT2D eigenvalue weighted by Crippen LogP contribution is 2.20. The van der Waals surface area contributed by atoms with E-state index in [0.717, 1.165) is 30.9 Å². The van der Waals surface area contributed by atoms with Crippen LogP contribution in [0.4, 0.5) is 10.5 Å². The van der Waals surface area contributed by atoms with E-state index in [1.54, 1.807) is 7.11 Å². The predicted molar refractivity (Wildman–Crippen MR) is 127 cm³/mol. The summed E-state index contributed by atoms with van der Waals surface area (Å²) in [7, 11) is 3.86. The van der Waals surface area contributed by atoms with Crippen molar-refractivity contribution in [2.24, 2.45) is 0 Å². The fourth-order valence-corrected chi connectivity index (χ4v) is 4.07. The second kappa shape index (κ2) is 11.7. The van der Waals surface area contributed by atoms with E-state index in [1.165, 1.54) is 24.9 Å². The summed E-state index contributed by atoms with van der Waals surface area (Å²) in [5.74, 6) is 0.907. The zero-order chi connectivity index (χ0) is 22.1. The minimum Gasteiger partial charge on any atom is -0.497 e. The Bertz CT molecular complexity index is 797. The number of methoxy groups -OCH3 is 1. The average Bonchev–Trinajstić information content (AvgIpc) is 3.23. The number of carbonyl (C=O) groups is 1. The first-order valence-electron chi connectivity index (χ1n) is 11.2. The normalized spacial score (nSPS) is 17.5. The van der Waals surface area contributed by atoms with Crippen molar-refractivity contribution in [3.63, 3.8) is 0 Å². The molecule has 1 aliphatic rings. The van der Waals surface area contributed by atoms with Gasteiger partial charge in [0, 0.05) is 37.4 Å². The van der Waals surface area contributed by atoms with Gasteiger partial charge < -0.3 is 20.3 Å². The second-order valence-corrected chi connectivity index (χ2v) is 8.42. The van der Waals surface area contributed by atoms with E-state index in [1.807, 2.05) is 42.5 Å². The van der Waals surface area contributed by atoms with Crippen LogP contribution < -0.4 is 15.4 Å². The second-order valence-electron chi connectivity index (χ2n) is 8.42. The summed E-state index contributed by atoms with van der Waals surface area (Å²) < 4.78 is 5.25. The van der Waals surface area contributed by atoms with Crippen LogP contribution in [0.5, 0.6) is 5.75 Å². The highest BCUT2D eigenvalue weighted by atomic mass is 16.5. The first kappa shape index (κ1) is 23.1. The van der Waals surface area contributed by atoms with Crippen LogP contribution in [0.2, 0.25) is 0 Å². The third-order valence-electron chi connectivity index (χ3n) is 6.19. The lowest BCUT2D eigenvalue weighted by atomic mass is 10.1. The molecule has 2 amide bonds. The van der Waals surface area contributed by atoms with E-state index >= 15 is 0 Å². The predicted octanol–water partition coefficient (Wildman–Crippen LogP) is 3.84. The molecule has 6 nitrogen and oxygen atoms in total. The maximum atomic E-state index is 12.1. The fraction of sp³-hybridized carbons (Fsp3) is 0.480. The molecule has 6 heteroatoms. The number of rotatable bonds is 10. The van der Waals surface area contributed by atoms with Crippen molar-refractivity contribution in [3.8, 4) is 5.75 Å². The Balaban J connectivity index is 1.40. The molecule has 0 saturated carbocycles. The van der Waals surface area contributed by atoms with E-state index in [9.17, 15) is 4.79 Å². The molecular formula is C25H36N4O2. The molecule has 31 heavy (non-hydrogen) atoms. The van der Waals surface area contributed by atoms with Crippen molar-refractivity contribution in [2.45, 2.75) is 38.3 Å². The lowest BCUT2D eigenvalue weighted by Crippen LogP contribution is -2.46. The molecule has 2 aromatic carbocycles. The number of hydrogen-bond acceptors (Lipinski definition) is 4. The number of likely N-dealkylation sites (tertiary alicyclic amines) is 1. The molecule has 1 fully saturated rings. The topological polar surface area (TPSA) is 56.8 Å². The molecule has 2 atom stereocenters. The van der Waals surface area contributed by atoms with E-state index in [-0.39, 0.29) is 12.1 Å².